The summed E-state index contributed by atoms with van der Waals surface area (Å²) in [6.45, 7) is 6.86. The standard InChI is InChI=1S/C16H26N6O/c23-15(13-17-12-14-2-3-14)18-6-7-21-8-10-22(11-9-21)16-19-4-1-5-20-16/h1,4-5,14,17H,2-3,6-13H2,(H,18,23). The quantitative estimate of drug-likeness (QED) is 0.686. The molecule has 1 aromatic heterocycles. The Morgan fingerprint density at radius 1 is 1.17 bits per heavy atom. The first-order valence-corrected chi connectivity index (χ1v) is 8.53. The van der Waals surface area contributed by atoms with Crippen molar-refractivity contribution in [1.29, 1.82) is 0 Å². The molecule has 0 atom stereocenters. The normalized spacial score (nSPS) is 18.9. The summed E-state index contributed by atoms with van der Waals surface area (Å²) in [5.41, 5.74) is 0. The third-order valence-electron chi connectivity index (χ3n) is 4.37. The summed E-state index contributed by atoms with van der Waals surface area (Å²) >= 11 is 0. The summed E-state index contributed by atoms with van der Waals surface area (Å²) in [6.07, 6.45) is 6.19. The van der Waals surface area contributed by atoms with Gasteiger partial charge in [0.25, 0.3) is 0 Å². The van der Waals surface area contributed by atoms with Gasteiger partial charge in [0.2, 0.25) is 11.9 Å². The van der Waals surface area contributed by atoms with Gasteiger partial charge >= 0.3 is 0 Å². The van der Waals surface area contributed by atoms with Gasteiger partial charge in [0.15, 0.2) is 0 Å². The fourth-order valence-corrected chi connectivity index (χ4v) is 2.75. The van der Waals surface area contributed by atoms with Crippen molar-refractivity contribution in [2.24, 2.45) is 5.92 Å². The SMILES string of the molecule is O=C(CNCC1CC1)NCCN1CCN(c2ncccn2)CC1. The van der Waals surface area contributed by atoms with Crippen LogP contribution in [-0.2, 0) is 4.79 Å². The maximum Gasteiger partial charge on any atom is 0.234 e. The van der Waals surface area contributed by atoms with Crippen molar-refractivity contribution in [3.63, 3.8) is 0 Å². The summed E-state index contributed by atoms with van der Waals surface area (Å²) in [5.74, 6) is 1.72. The van der Waals surface area contributed by atoms with Crippen LogP contribution < -0.4 is 15.5 Å². The van der Waals surface area contributed by atoms with E-state index in [1.807, 2.05) is 6.07 Å². The van der Waals surface area contributed by atoms with Gasteiger partial charge in [-0.15, -0.1) is 0 Å². The van der Waals surface area contributed by atoms with E-state index in [1.165, 1.54) is 12.8 Å². The molecule has 126 valence electrons. The maximum atomic E-state index is 11.7. The molecule has 0 aromatic carbocycles. The molecule has 1 saturated heterocycles. The summed E-state index contributed by atoms with van der Waals surface area (Å²) in [7, 11) is 0. The average Bonchev–Trinajstić information content (AvgIpc) is 3.41. The molecular formula is C16H26N6O. The van der Waals surface area contributed by atoms with Gasteiger partial charge in [0.1, 0.15) is 0 Å². The first-order valence-electron chi connectivity index (χ1n) is 8.53. The maximum absolute atomic E-state index is 11.7. The zero-order valence-electron chi connectivity index (χ0n) is 13.6. The van der Waals surface area contributed by atoms with Crippen LogP contribution in [0.5, 0.6) is 0 Å². The van der Waals surface area contributed by atoms with E-state index in [2.05, 4.69) is 30.4 Å². The number of amides is 1. The van der Waals surface area contributed by atoms with E-state index in [0.717, 1.165) is 51.1 Å². The van der Waals surface area contributed by atoms with Gasteiger partial charge in [-0.3, -0.25) is 9.69 Å². The summed E-state index contributed by atoms with van der Waals surface area (Å²) in [6, 6.07) is 1.84. The third kappa shape index (κ3) is 5.44. The van der Waals surface area contributed by atoms with Gasteiger partial charge in [-0.1, -0.05) is 0 Å². The number of piperazine rings is 1. The number of rotatable bonds is 8. The first kappa shape index (κ1) is 16.1. The number of carbonyl (C=O) groups excluding carboxylic acids is 1. The highest BCUT2D eigenvalue weighted by Gasteiger charge is 2.21. The van der Waals surface area contributed by atoms with E-state index in [1.54, 1.807) is 12.4 Å². The molecule has 1 aliphatic heterocycles. The van der Waals surface area contributed by atoms with Gasteiger partial charge in [-0.2, -0.15) is 0 Å². The van der Waals surface area contributed by atoms with Crippen LogP contribution in [0.4, 0.5) is 5.95 Å². The Kier molecular flexibility index (Phi) is 5.76. The van der Waals surface area contributed by atoms with E-state index in [0.29, 0.717) is 13.1 Å². The highest BCUT2D eigenvalue weighted by molar-refractivity contribution is 5.77. The lowest BCUT2D eigenvalue weighted by Crippen LogP contribution is -2.49. The van der Waals surface area contributed by atoms with Gasteiger partial charge < -0.3 is 15.5 Å². The van der Waals surface area contributed by atoms with Gasteiger partial charge in [-0.05, 0) is 31.4 Å². The highest BCUT2D eigenvalue weighted by Crippen LogP contribution is 2.27. The molecule has 2 heterocycles. The summed E-state index contributed by atoms with van der Waals surface area (Å²) < 4.78 is 0. The molecule has 0 bridgehead atoms. The second kappa shape index (κ2) is 8.21. The Morgan fingerprint density at radius 3 is 2.61 bits per heavy atom. The van der Waals surface area contributed by atoms with E-state index in [9.17, 15) is 4.79 Å². The molecule has 1 saturated carbocycles. The number of nitrogens with zero attached hydrogens (tertiary/aromatic N) is 4. The Labute approximate surface area is 137 Å². The van der Waals surface area contributed by atoms with Crippen molar-refractivity contribution >= 4 is 11.9 Å². The van der Waals surface area contributed by atoms with E-state index in [4.69, 9.17) is 0 Å². The van der Waals surface area contributed by atoms with Crippen molar-refractivity contribution in [2.75, 3.05) is 57.3 Å². The van der Waals surface area contributed by atoms with Crippen molar-refractivity contribution in [2.45, 2.75) is 12.8 Å². The fraction of sp³-hybridized carbons (Fsp3) is 0.688. The van der Waals surface area contributed by atoms with Crippen LogP contribution >= 0.6 is 0 Å². The van der Waals surface area contributed by atoms with Crippen LogP contribution in [0.2, 0.25) is 0 Å². The second-order valence-electron chi connectivity index (χ2n) is 6.30. The molecule has 0 radical (unpaired) electrons. The second-order valence-corrected chi connectivity index (χ2v) is 6.30. The molecule has 3 rings (SSSR count). The Balaban J connectivity index is 1.26. The minimum atomic E-state index is 0.0990. The molecule has 0 spiro atoms. The minimum absolute atomic E-state index is 0.0990. The number of nitrogens with one attached hydrogen (secondary N) is 2. The van der Waals surface area contributed by atoms with Crippen LogP contribution in [-0.4, -0.2) is 73.1 Å². The number of hydrogen-bond acceptors (Lipinski definition) is 6. The zero-order valence-corrected chi connectivity index (χ0v) is 13.6. The Bertz CT molecular complexity index is 485. The van der Waals surface area contributed by atoms with Gasteiger partial charge in [0, 0.05) is 51.7 Å². The van der Waals surface area contributed by atoms with Crippen LogP contribution in [0.1, 0.15) is 12.8 Å². The smallest absolute Gasteiger partial charge is 0.234 e. The number of aromatic nitrogens is 2. The Hall–Kier alpha value is -1.73. The van der Waals surface area contributed by atoms with Gasteiger partial charge in [-0.25, -0.2) is 9.97 Å². The topological polar surface area (TPSA) is 73.4 Å². The van der Waals surface area contributed by atoms with Crippen molar-refractivity contribution < 1.29 is 4.79 Å². The molecule has 0 unspecified atom stereocenters. The van der Waals surface area contributed by atoms with Gasteiger partial charge in [0.05, 0.1) is 6.54 Å². The monoisotopic (exact) mass is 318 g/mol. The minimum Gasteiger partial charge on any atom is -0.354 e. The van der Waals surface area contributed by atoms with Crippen molar-refractivity contribution in [1.82, 2.24) is 25.5 Å². The lowest BCUT2D eigenvalue weighted by molar-refractivity contribution is -0.120. The Morgan fingerprint density at radius 2 is 1.91 bits per heavy atom. The first-order chi connectivity index (χ1) is 11.3. The fourth-order valence-electron chi connectivity index (χ4n) is 2.75. The van der Waals surface area contributed by atoms with Crippen LogP contribution in [0, 0.1) is 5.92 Å². The average molecular weight is 318 g/mol. The van der Waals surface area contributed by atoms with E-state index >= 15 is 0 Å². The molecule has 1 aromatic rings. The molecule has 2 fully saturated rings. The van der Waals surface area contributed by atoms with E-state index in [-0.39, 0.29) is 5.91 Å². The lowest BCUT2D eigenvalue weighted by Gasteiger charge is -2.34. The predicted octanol–water partition coefficient (Wildman–Crippen LogP) is -0.286. The lowest BCUT2D eigenvalue weighted by atomic mass is 10.3. The third-order valence-corrected chi connectivity index (χ3v) is 4.37. The molecule has 2 aliphatic rings. The van der Waals surface area contributed by atoms with Crippen molar-refractivity contribution in [3.8, 4) is 0 Å². The summed E-state index contributed by atoms with van der Waals surface area (Å²) in [4.78, 5) is 24.9. The van der Waals surface area contributed by atoms with Crippen LogP contribution in [0.15, 0.2) is 18.5 Å². The van der Waals surface area contributed by atoms with Crippen LogP contribution in [0.25, 0.3) is 0 Å². The predicted molar refractivity (Wildman–Crippen MR) is 89.3 cm³/mol. The largest absolute Gasteiger partial charge is 0.354 e. The number of hydrogen-bond donors (Lipinski definition) is 2. The number of carbonyl (C=O) groups is 1. The molecule has 23 heavy (non-hydrogen) atoms. The summed E-state index contributed by atoms with van der Waals surface area (Å²) in [5, 5.41) is 6.20. The molecule has 1 aliphatic carbocycles. The van der Waals surface area contributed by atoms with E-state index < -0.39 is 0 Å². The molecular weight excluding hydrogens is 292 g/mol. The highest BCUT2D eigenvalue weighted by atomic mass is 16.1. The van der Waals surface area contributed by atoms with Crippen LogP contribution in [0.3, 0.4) is 0 Å². The molecule has 7 heteroatoms. The molecule has 1 amide bonds. The number of anilines is 1. The van der Waals surface area contributed by atoms with Crippen molar-refractivity contribution in [3.05, 3.63) is 18.5 Å². The molecule has 7 nitrogen and oxygen atoms in total. The zero-order chi connectivity index (χ0) is 15.9. The molecule has 2 N–H and O–H groups in total.